The summed E-state index contributed by atoms with van der Waals surface area (Å²) in [5, 5.41) is 4.66. The monoisotopic (exact) mass is 638 g/mol. The summed E-state index contributed by atoms with van der Waals surface area (Å²) in [7, 11) is 11.5. The van der Waals surface area contributed by atoms with Crippen LogP contribution in [-0.2, 0) is 0 Å². The van der Waals surface area contributed by atoms with E-state index in [1.54, 1.807) is 56.9 Å². The lowest BCUT2D eigenvalue weighted by atomic mass is 10.3. The largest absolute Gasteiger partial charge is 0.493 e. The van der Waals surface area contributed by atoms with Crippen molar-refractivity contribution >= 4 is 37.1 Å². The van der Waals surface area contributed by atoms with E-state index in [-0.39, 0.29) is 0 Å². The van der Waals surface area contributed by atoms with Gasteiger partial charge in [-0.05, 0) is 97.9 Å². The first-order valence-corrected chi connectivity index (χ1v) is 16.9. The summed E-state index contributed by atoms with van der Waals surface area (Å²) in [6.45, 7) is 0. The molecule has 0 saturated carbocycles. The first-order valence-electron chi connectivity index (χ1n) is 13.9. The Hall–Kier alpha value is -3.86. The average Bonchev–Trinajstić information content (AvgIpc) is 3.08. The maximum atomic E-state index is 5.70. The Morgan fingerprint density at radius 1 is 0.318 bits per heavy atom. The van der Waals surface area contributed by atoms with Crippen molar-refractivity contribution in [3.63, 3.8) is 0 Å². The predicted octanol–water partition coefficient (Wildman–Crippen LogP) is 5.32. The van der Waals surface area contributed by atoms with Crippen molar-refractivity contribution in [2.45, 2.75) is 0 Å². The summed E-state index contributed by atoms with van der Waals surface area (Å²) in [4.78, 5) is 0. The highest BCUT2D eigenvalue weighted by Gasteiger charge is 2.24. The van der Waals surface area contributed by atoms with Crippen LogP contribution in [0.4, 0.5) is 0 Å². The third kappa shape index (κ3) is 7.26. The van der Waals surface area contributed by atoms with E-state index < -0.39 is 15.8 Å². The van der Waals surface area contributed by atoms with Crippen LogP contribution in [0.2, 0.25) is 0 Å². The van der Waals surface area contributed by atoms with E-state index in [0.717, 1.165) is 12.3 Å². The van der Waals surface area contributed by atoms with E-state index in [9.17, 15) is 0 Å². The summed E-state index contributed by atoms with van der Waals surface area (Å²) in [5.74, 6) is 5.54. The maximum absolute atomic E-state index is 5.70. The number of methoxy groups -OCH3 is 8. The molecule has 4 aromatic carbocycles. The van der Waals surface area contributed by atoms with Crippen molar-refractivity contribution in [1.82, 2.24) is 0 Å². The summed E-state index contributed by atoms with van der Waals surface area (Å²) in [5.41, 5.74) is 0. The van der Waals surface area contributed by atoms with E-state index in [1.807, 2.05) is 24.3 Å². The average molecular weight is 639 g/mol. The second-order valence-corrected chi connectivity index (χ2v) is 14.1. The minimum absolute atomic E-state index is 0.691. The molecule has 4 rings (SSSR count). The topological polar surface area (TPSA) is 73.8 Å². The molecule has 0 aromatic heterocycles. The summed E-state index contributed by atoms with van der Waals surface area (Å²) in [6.07, 6.45) is 1.77. The Labute approximate surface area is 262 Å². The fourth-order valence-corrected chi connectivity index (χ4v) is 10.3. The first kappa shape index (κ1) is 33.0. The van der Waals surface area contributed by atoms with Crippen molar-refractivity contribution in [3.05, 3.63) is 72.8 Å². The fourth-order valence-electron chi connectivity index (χ4n) is 4.99. The Kier molecular flexibility index (Phi) is 11.8. The summed E-state index contributed by atoms with van der Waals surface area (Å²) >= 11 is 0. The minimum atomic E-state index is -0.851. The van der Waals surface area contributed by atoms with Crippen molar-refractivity contribution < 1.29 is 37.9 Å². The van der Waals surface area contributed by atoms with Gasteiger partial charge in [0, 0.05) is 0 Å². The van der Waals surface area contributed by atoms with Gasteiger partial charge in [0.05, 0.1) is 56.9 Å². The van der Waals surface area contributed by atoms with Gasteiger partial charge in [-0.3, -0.25) is 0 Å². The smallest absolute Gasteiger partial charge is 0.161 e. The molecule has 0 atom stereocenters. The zero-order valence-electron chi connectivity index (χ0n) is 26.5. The Balaban J connectivity index is 1.83. The van der Waals surface area contributed by atoms with Crippen molar-refractivity contribution in [3.8, 4) is 46.0 Å². The van der Waals surface area contributed by atoms with E-state index in [2.05, 4.69) is 48.5 Å². The Morgan fingerprint density at radius 2 is 0.523 bits per heavy atom. The normalized spacial score (nSPS) is 10.9. The lowest BCUT2D eigenvalue weighted by Crippen LogP contribution is -2.21. The second kappa shape index (κ2) is 15.7. The molecule has 0 radical (unpaired) electrons. The Morgan fingerprint density at radius 3 is 0.705 bits per heavy atom. The third-order valence-corrected chi connectivity index (χ3v) is 12.6. The van der Waals surface area contributed by atoms with Crippen molar-refractivity contribution in [1.29, 1.82) is 0 Å². The molecule has 4 aromatic rings. The maximum Gasteiger partial charge on any atom is 0.161 e. The minimum Gasteiger partial charge on any atom is -0.493 e. The standard InChI is InChI=1S/C34H40O8P2/c1-35-27-13-9-23(19-31(27)39-5)43(24-10-14-28(36-2)32(20-24)40-6)17-18-44(25-11-15-29(37-3)33(21-25)41-7)26-12-16-30(38-4)34(22-26)42-8/h9-16,19-22H,17-18H2,1-8H3. The number of ether oxygens (including phenoxy) is 8. The van der Waals surface area contributed by atoms with Crippen LogP contribution >= 0.6 is 15.8 Å². The molecule has 44 heavy (non-hydrogen) atoms. The van der Waals surface area contributed by atoms with E-state index >= 15 is 0 Å². The van der Waals surface area contributed by atoms with E-state index in [0.29, 0.717) is 46.0 Å². The number of benzene rings is 4. The van der Waals surface area contributed by atoms with Gasteiger partial charge in [0.1, 0.15) is 0 Å². The molecule has 0 N–H and O–H groups in total. The molecule has 0 spiro atoms. The van der Waals surface area contributed by atoms with Gasteiger partial charge in [-0.2, -0.15) is 0 Å². The summed E-state index contributed by atoms with van der Waals surface area (Å²) in [6, 6.07) is 24.7. The van der Waals surface area contributed by atoms with Crippen molar-refractivity contribution in [2.75, 3.05) is 69.2 Å². The van der Waals surface area contributed by atoms with Crippen LogP contribution in [0.3, 0.4) is 0 Å². The summed E-state index contributed by atoms with van der Waals surface area (Å²) < 4.78 is 45.0. The van der Waals surface area contributed by atoms with Gasteiger partial charge in [0.25, 0.3) is 0 Å². The van der Waals surface area contributed by atoms with Crippen LogP contribution < -0.4 is 59.1 Å². The molecular formula is C34H40O8P2. The van der Waals surface area contributed by atoms with Crippen molar-refractivity contribution in [2.24, 2.45) is 0 Å². The number of hydrogen-bond donors (Lipinski definition) is 0. The Bertz CT molecular complexity index is 1320. The predicted molar refractivity (Wildman–Crippen MR) is 180 cm³/mol. The molecule has 0 amide bonds. The zero-order chi connectivity index (χ0) is 31.6. The highest BCUT2D eigenvalue weighted by molar-refractivity contribution is 7.76. The molecule has 0 aliphatic rings. The third-order valence-electron chi connectivity index (χ3n) is 7.26. The molecule has 0 bridgehead atoms. The first-order chi connectivity index (χ1) is 21.4. The fraction of sp³-hybridized carbons (Fsp3) is 0.294. The zero-order valence-corrected chi connectivity index (χ0v) is 28.3. The second-order valence-electron chi connectivity index (χ2n) is 9.46. The van der Waals surface area contributed by atoms with Crippen LogP contribution in [-0.4, -0.2) is 69.2 Å². The van der Waals surface area contributed by atoms with Gasteiger partial charge in [-0.25, -0.2) is 0 Å². The molecule has 10 heteroatoms. The highest BCUT2D eigenvalue weighted by Crippen LogP contribution is 2.45. The number of hydrogen-bond acceptors (Lipinski definition) is 8. The highest BCUT2D eigenvalue weighted by atomic mass is 31.1. The molecule has 0 saturated heterocycles. The molecule has 8 nitrogen and oxygen atoms in total. The molecule has 234 valence electrons. The van der Waals surface area contributed by atoms with Gasteiger partial charge in [0.2, 0.25) is 0 Å². The molecule has 0 aliphatic heterocycles. The van der Waals surface area contributed by atoms with E-state index in [4.69, 9.17) is 37.9 Å². The lowest BCUT2D eigenvalue weighted by molar-refractivity contribution is 0.355. The molecule has 0 fully saturated rings. The van der Waals surface area contributed by atoms with Gasteiger partial charge in [0.15, 0.2) is 46.0 Å². The molecular weight excluding hydrogens is 598 g/mol. The molecule has 0 aliphatic carbocycles. The quantitative estimate of drug-likeness (QED) is 0.162. The van der Waals surface area contributed by atoms with Gasteiger partial charge < -0.3 is 37.9 Å². The van der Waals surface area contributed by atoms with Gasteiger partial charge >= 0.3 is 0 Å². The lowest BCUT2D eigenvalue weighted by Gasteiger charge is -2.26. The molecule has 0 heterocycles. The molecule has 0 unspecified atom stereocenters. The number of rotatable bonds is 15. The SMILES string of the molecule is COc1ccc(P(CCP(c2ccc(OC)c(OC)c2)c2ccc(OC)c(OC)c2)c2ccc(OC)c(OC)c2)cc1OC. The van der Waals surface area contributed by atoms with Crippen LogP contribution in [0.15, 0.2) is 72.8 Å². The van der Waals surface area contributed by atoms with Crippen LogP contribution in [0.5, 0.6) is 46.0 Å². The van der Waals surface area contributed by atoms with E-state index in [1.165, 1.54) is 21.2 Å². The van der Waals surface area contributed by atoms with Crippen LogP contribution in [0.1, 0.15) is 0 Å². The van der Waals surface area contributed by atoms with Crippen LogP contribution in [0, 0.1) is 0 Å². The van der Waals surface area contributed by atoms with Crippen LogP contribution in [0.25, 0.3) is 0 Å². The van der Waals surface area contributed by atoms with Gasteiger partial charge in [-0.1, -0.05) is 24.3 Å². The van der Waals surface area contributed by atoms with Gasteiger partial charge in [-0.15, -0.1) is 0 Å².